The molecule has 0 saturated carbocycles. The molecule has 1 atom stereocenters. The molecule has 7 heteroatoms. The van der Waals surface area contributed by atoms with Crippen LogP contribution in [-0.2, 0) is 24.2 Å². The molecule has 2 aliphatic rings. The molecule has 1 amide bonds. The van der Waals surface area contributed by atoms with E-state index in [1.165, 1.54) is 16.9 Å². The second-order valence-electron chi connectivity index (χ2n) is 8.40. The van der Waals surface area contributed by atoms with Crippen molar-refractivity contribution >= 4 is 27.5 Å². The zero-order chi connectivity index (χ0) is 21.4. The van der Waals surface area contributed by atoms with Crippen molar-refractivity contribution in [3.8, 4) is 5.75 Å². The normalized spacial score (nSPS) is 18.4. The number of carbonyl (C=O) groups excluding carboxylic acids is 1. The summed E-state index contributed by atoms with van der Waals surface area (Å²) in [7, 11) is 1.65. The third kappa shape index (κ3) is 3.76. The first kappa shape index (κ1) is 20.2. The van der Waals surface area contributed by atoms with E-state index in [1.807, 2.05) is 29.2 Å². The molecule has 6 nitrogen and oxygen atoms in total. The van der Waals surface area contributed by atoms with Crippen molar-refractivity contribution in [1.29, 1.82) is 0 Å². The van der Waals surface area contributed by atoms with Crippen LogP contribution in [0.2, 0.25) is 0 Å². The number of fused-ring (bicyclic) bond motifs is 3. The van der Waals surface area contributed by atoms with Crippen LogP contribution >= 0.6 is 11.3 Å². The van der Waals surface area contributed by atoms with Crippen LogP contribution in [0.25, 0.3) is 10.2 Å². The van der Waals surface area contributed by atoms with Gasteiger partial charge in [0.2, 0.25) is 5.91 Å². The van der Waals surface area contributed by atoms with E-state index in [0.717, 1.165) is 60.2 Å². The molecule has 0 bridgehead atoms. The van der Waals surface area contributed by atoms with Crippen LogP contribution in [0.5, 0.6) is 5.75 Å². The van der Waals surface area contributed by atoms with E-state index in [-0.39, 0.29) is 17.5 Å². The lowest BCUT2D eigenvalue weighted by Gasteiger charge is -2.25. The van der Waals surface area contributed by atoms with E-state index in [0.29, 0.717) is 13.0 Å². The van der Waals surface area contributed by atoms with Gasteiger partial charge in [0.25, 0.3) is 5.56 Å². The standard InChI is InChI=1S/C24H27N3O3S/c1-30-17-10-8-16(9-11-17)19-6-4-13-27(19)21(28)12-14-26-15-25-23-22(24(26)29)18-5-2-3-7-20(18)31-23/h8-11,15,19H,2-7,12-14H2,1H3. The third-order valence-corrected chi connectivity index (χ3v) is 7.78. The molecule has 1 unspecified atom stereocenters. The summed E-state index contributed by atoms with van der Waals surface area (Å²) in [6.07, 6.45) is 8.23. The van der Waals surface area contributed by atoms with Gasteiger partial charge in [0, 0.05) is 24.4 Å². The van der Waals surface area contributed by atoms with Gasteiger partial charge in [-0.25, -0.2) is 4.98 Å². The highest BCUT2D eigenvalue weighted by molar-refractivity contribution is 7.18. The van der Waals surface area contributed by atoms with Gasteiger partial charge >= 0.3 is 0 Å². The number of ether oxygens (including phenoxy) is 1. The summed E-state index contributed by atoms with van der Waals surface area (Å²) in [5.41, 5.74) is 2.34. The first-order chi connectivity index (χ1) is 15.2. The zero-order valence-electron chi connectivity index (χ0n) is 17.8. The Balaban J connectivity index is 1.32. The summed E-state index contributed by atoms with van der Waals surface area (Å²) in [6.45, 7) is 1.14. The number of hydrogen-bond acceptors (Lipinski definition) is 5. The van der Waals surface area contributed by atoms with E-state index in [4.69, 9.17) is 4.74 Å². The largest absolute Gasteiger partial charge is 0.497 e. The molecule has 1 aliphatic heterocycles. The first-order valence-electron chi connectivity index (χ1n) is 11.1. The highest BCUT2D eigenvalue weighted by Crippen LogP contribution is 2.34. The van der Waals surface area contributed by atoms with Gasteiger partial charge in [0.05, 0.1) is 24.9 Å². The number of benzene rings is 1. The molecule has 3 aromatic rings. The monoisotopic (exact) mass is 437 g/mol. The van der Waals surface area contributed by atoms with Gasteiger partial charge < -0.3 is 9.64 Å². The lowest BCUT2D eigenvalue weighted by molar-refractivity contribution is -0.132. The average Bonchev–Trinajstić information content (AvgIpc) is 3.44. The molecule has 1 aliphatic carbocycles. The molecule has 5 rings (SSSR count). The van der Waals surface area contributed by atoms with Crippen LogP contribution in [0.3, 0.4) is 0 Å². The highest BCUT2D eigenvalue weighted by atomic mass is 32.1. The summed E-state index contributed by atoms with van der Waals surface area (Å²) in [5, 5.41) is 0.784. The molecule has 162 valence electrons. The van der Waals surface area contributed by atoms with E-state index in [1.54, 1.807) is 29.3 Å². The fourth-order valence-electron chi connectivity index (χ4n) is 4.94. The number of rotatable bonds is 5. The maximum absolute atomic E-state index is 13.1. The third-order valence-electron chi connectivity index (χ3n) is 6.58. The summed E-state index contributed by atoms with van der Waals surface area (Å²) in [4.78, 5) is 34.9. The molecular weight excluding hydrogens is 410 g/mol. The van der Waals surface area contributed by atoms with Crippen molar-refractivity contribution < 1.29 is 9.53 Å². The van der Waals surface area contributed by atoms with Crippen LogP contribution in [0, 0.1) is 0 Å². The Morgan fingerprint density at radius 3 is 2.81 bits per heavy atom. The van der Waals surface area contributed by atoms with E-state index in [2.05, 4.69) is 4.98 Å². The van der Waals surface area contributed by atoms with Crippen molar-refractivity contribution in [3.63, 3.8) is 0 Å². The number of aryl methyl sites for hydroxylation is 3. The quantitative estimate of drug-likeness (QED) is 0.603. The van der Waals surface area contributed by atoms with E-state index in [9.17, 15) is 9.59 Å². The Morgan fingerprint density at radius 2 is 2.00 bits per heavy atom. The SMILES string of the molecule is COc1ccc(C2CCCN2C(=O)CCn2cnc3sc4c(c3c2=O)CCCC4)cc1. The number of nitrogens with zero attached hydrogens (tertiary/aromatic N) is 3. The van der Waals surface area contributed by atoms with E-state index < -0.39 is 0 Å². The smallest absolute Gasteiger partial charge is 0.262 e. The van der Waals surface area contributed by atoms with Crippen molar-refractivity contribution in [1.82, 2.24) is 14.5 Å². The van der Waals surface area contributed by atoms with Gasteiger partial charge in [-0.05, 0) is 61.8 Å². The Labute approximate surface area is 185 Å². The van der Waals surface area contributed by atoms with Crippen molar-refractivity contribution in [3.05, 3.63) is 57.0 Å². The van der Waals surface area contributed by atoms with Gasteiger partial charge in [-0.3, -0.25) is 14.2 Å². The Bertz CT molecular complexity index is 1170. The molecule has 1 saturated heterocycles. The zero-order valence-corrected chi connectivity index (χ0v) is 18.6. The summed E-state index contributed by atoms with van der Waals surface area (Å²) in [6, 6.07) is 8.06. The lowest BCUT2D eigenvalue weighted by atomic mass is 9.97. The van der Waals surface area contributed by atoms with Crippen LogP contribution in [-0.4, -0.2) is 34.0 Å². The molecule has 0 radical (unpaired) electrons. The lowest BCUT2D eigenvalue weighted by Crippen LogP contribution is -2.32. The van der Waals surface area contributed by atoms with Gasteiger partial charge in [-0.15, -0.1) is 11.3 Å². The van der Waals surface area contributed by atoms with E-state index >= 15 is 0 Å². The Hall–Kier alpha value is -2.67. The van der Waals surface area contributed by atoms with Crippen LogP contribution in [0.1, 0.15) is 54.1 Å². The molecular formula is C24H27N3O3S. The number of aromatic nitrogens is 2. The highest BCUT2D eigenvalue weighted by Gasteiger charge is 2.29. The first-order valence-corrected chi connectivity index (χ1v) is 11.9. The molecule has 0 N–H and O–H groups in total. The van der Waals surface area contributed by atoms with Gasteiger partial charge in [0.1, 0.15) is 10.6 Å². The second kappa shape index (κ2) is 8.46. The van der Waals surface area contributed by atoms with Crippen molar-refractivity contribution in [2.24, 2.45) is 0 Å². The number of hydrogen-bond donors (Lipinski definition) is 0. The number of likely N-dealkylation sites (tertiary alicyclic amines) is 1. The minimum Gasteiger partial charge on any atom is -0.497 e. The predicted octanol–water partition coefficient (Wildman–Crippen LogP) is 4.10. The number of amides is 1. The minimum absolute atomic E-state index is 0.00493. The number of methoxy groups -OCH3 is 1. The van der Waals surface area contributed by atoms with Gasteiger partial charge in [-0.1, -0.05) is 12.1 Å². The maximum Gasteiger partial charge on any atom is 0.262 e. The molecule has 3 heterocycles. The van der Waals surface area contributed by atoms with Crippen LogP contribution in [0.15, 0.2) is 35.4 Å². The molecule has 0 spiro atoms. The van der Waals surface area contributed by atoms with Crippen molar-refractivity contribution in [2.75, 3.05) is 13.7 Å². The summed E-state index contributed by atoms with van der Waals surface area (Å²) in [5.74, 6) is 0.912. The molecule has 31 heavy (non-hydrogen) atoms. The second-order valence-corrected chi connectivity index (χ2v) is 9.49. The Morgan fingerprint density at radius 1 is 1.19 bits per heavy atom. The predicted molar refractivity (Wildman–Crippen MR) is 122 cm³/mol. The fourth-order valence-corrected chi connectivity index (χ4v) is 6.16. The van der Waals surface area contributed by atoms with Crippen LogP contribution in [0.4, 0.5) is 0 Å². The molecule has 2 aromatic heterocycles. The molecule has 1 aromatic carbocycles. The average molecular weight is 438 g/mol. The molecule has 1 fully saturated rings. The van der Waals surface area contributed by atoms with Gasteiger partial charge in [-0.2, -0.15) is 0 Å². The number of carbonyl (C=O) groups is 1. The fraction of sp³-hybridized carbons (Fsp3) is 0.458. The minimum atomic E-state index is 0.00493. The maximum atomic E-state index is 13.1. The van der Waals surface area contributed by atoms with Crippen LogP contribution < -0.4 is 10.3 Å². The topological polar surface area (TPSA) is 64.4 Å². The van der Waals surface area contributed by atoms with Gasteiger partial charge in [0.15, 0.2) is 0 Å². The van der Waals surface area contributed by atoms with Crippen molar-refractivity contribution in [2.45, 2.75) is 57.5 Å². The Kier molecular flexibility index (Phi) is 5.52. The summed E-state index contributed by atoms with van der Waals surface area (Å²) >= 11 is 1.66. The summed E-state index contributed by atoms with van der Waals surface area (Å²) < 4.78 is 6.87. The number of thiophene rings is 1.